The van der Waals surface area contributed by atoms with Crippen LogP contribution in [0, 0.1) is 13.8 Å². The van der Waals surface area contributed by atoms with Crippen molar-refractivity contribution in [2.75, 3.05) is 39.2 Å². The number of aromatic nitrogens is 1. The molecule has 1 N–H and O–H groups in total. The van der Waals surface area contributed by atoms with Gasteiger partial charge in [0.1, 0.15) is 11.3 Å². The van der Waals surface area contributed by atoms with Crippen LogP contribution in [0.25, 0.3) is 10.2 Å². The van der Waals surface area contributed by atoms with Crippen LogP contribution in [0.15, 0.2) is 36.4 Å². The van der Waals surface area contributed by atoms with Gasteiger partial charge in [0.25, 0.3) is 5.91 Å². The van der Waals surface area contributed by atoms with Gasteiger partial charge < -0.3 is 9.64 Å². The lowest BCUT2D eigenvalue weighted by atomic mass is 10.0. The zero-order valence-electron chi connectivity index (χ0n) is 16.5. The average Bonchev–Trinajstić information content (AvgIpc) is 3.05. The van der Waals surface area contributed by atoms with E-state index in [1.54, 1.807) is 12.0 Å². The minimum atomic E-state index is -0.00762. The number of thiazole rings is 1. The second-order valence-corrected chi connectivity index (χ2v) is 8.04. The monoisotopic (exact) mass is 384 g/mol. The maximum absolute atomic E-state index is 13.4. The first-order chi connectivity index (χ1) is 12.9. The molecule has 0 atom stereocenters. The number of para-hydroxylation sites is 1. The molecule has 1 amide bonds. The highest BCUT2D eigenvalue weighted by Crippen LogP contribution is 2.34. The lowest BCUT2D eigenvalue weighted by Crippen LogP contribution is -3.06. The van der Waals surface area contributed by atoms with Crippen LogP contribution >= 0.6 is 11.3 Å². The smallest absolute Gasteiger partial charge is 0.260 e. The molecule has 3 rings (SSSR count). The summed E-state index contributed by atoms with van der Waals surface area (Å²) < 4.78 is 6.45. The number of likely N-dealkylation sites (N-methyl/N-ethyl adjacent to an activating group) is 1. The van der Waals surface area contributed by atoms with Gasteiger partial charge in [-0.25, -0.2) is 4.98 Å². The van der Waals surface area contributed by atoms with Gasteiger partial charge in [-0.1, -0.05) is 35.1 Å². The van der Waals surface area contributed by atoms with Gasteiger partial charge in [0.2, 0.25) is 0 Å². The normalized spacial score (nSPS) is 11.2. The van der Waals surface area contributed by atoms with Gasteiger partial charge in [-0.15, -0.1) is 0 Å². The molecule has 0 spiro atoms. The standard InChI is InChI=1S/C21H25N3O2S/c1-14-9-10-16(15(2)13-14)20(25)24(12-11-23(3)4)21-22-19-17(26-5)7-6-8-18(19)27-21/h6-10,13H,11-12H2,1-5H3/p+1. The maximum Gasteiger partial charge on any atom is 0.260 e. The van der Waals surface area contributed by atoms with E-state index in [2.05, 4.69) is 14.1 Å². The third-order valence-electron chi connectivity index (χ3n) is 4.51. The van der Waals surface area contributed by atoms with Crippen molar-refractivity contribution in [3.05, 3.63) is 53.1 Å². The Morgan fingerprint density at radius 2 is 2.00 bits per heavy atom. The predicted molar refractivity (Wildman–Crippen MR) is 111 cm³/mol. The number of rotatable bonds is 6. The van der Waals surface area contributed by atoms with E-state index in [9.17, 15) is 4.79 Å². The Morgan fingerprint density at radius 1 is 1.22 bits per heavy atom. The summed E-state index contributed by atoms with van der Waals surface area (Å²) in [4.78, 5) is 21.2. The minimum absolute atomic E-state index is 0.00762. The fraction of sp³-hybridized carbons (Fsp3) is 0.333. The Morgan fingerprint density at radius 3 is 2.67 bits per heavy atom. The number of anilines is 1. The van der Waals surface area contributed by atoms with Crippen molar-refractivity contribution < 1.29 is 14.4 Å². The van der Waals surface area contributed by atoms with Crippen molar-refractivity contribution >= 4 is 32.6 Å². The number of methoxy groups -OCH3 is 1. The van der Waals surface area contributed by atoms with Crippen molar-refractivity contribution in [1.29, 1.82) is 0 Å². The second-order valence-electron chi connectivity index (χ2n) is 7.04. The Hall–Kier alpha value is -2.44. The fourth-order valence-corrected chi connectivity index (χ4v) is 4.02. The first-order valence-electron chi connectivity index (χ1n) is 9.02. The molecule has 2 aromatic carbocycles. The molecule has 0 aliphatic carbocycles. The molecule has 0 saturated heterocycles. The van der Waals surface area contributed by atoms with E-state index in [0.29, 0.717) is 11.7 Å². The third kappa shape index (κ3) is 4.12. The van der Waals surface area contributed by atoms with E-state index < -0.39 is 0 Å². The van der Waals surface area contributed by atoms with Crippen LogP contribution in [0.5, 0.6) is 5.75 Å². The molecule has 0 bridgehead atoms. The summed E-state index contributed by atoms with van der Waals surface area (Å²) in [5, 5.41) is 0.709. The summed E-state index contributed by atoms with van der Waals surface area (Å²) in [6, 6.07) is 11.8. The fourth-order valence-electron chi connectivity index (χ4n) is 3.01. The number of aryl methyl sites for hydroxylation is 2. The SMILES string of the molecule is COc1cccc2sc(N(CC[NH+](C)C)C(=O)c3ccc(C)cc3C)nc12. The van der Waals surface area contributed by atoms with Crippen LogP contribution < -0.4 is 14.5 Å². The number of nitrogens with one attached hydrogen (secondary N) is 1. The number of fused-ring (bicyclic) bond motifs is 1. The molecular weight excluding hydrogens is 358 g/mol. The van der Waals surface area contributed by atoms with Crippen LogP contribution in [0.1, 0.15) is 21.5 Å². The summed E-state index contributed by atoms with van der Waals surface area (Å²) in [6.07, 6.45) is 0. The summed E-state index contributed by atoms with van der Waals surface area (Å²) in [5.41, 5.74) is 3.66. The molecule has 5 nitrogen and oxygen atoms in total. The second kappa shape index (κ2) is 8.06. The number of amides is 1. The largest absolute Gasteiger partial charge is 0.494 e. The molecule has 0 aliphatic heterocycles. The highest BCUT2D eigenvalue weighted by molar-refractivity contribution is 7.22. The van der Waals surface area contributed by atoms with Crippen molar-refractivity contribution in [2.24, 2.45) is 0 Å². The van der Waals surface area contributed by atoms with Crippen molar-refractivity contribution in [1.82, 2.24) is 4.98 Å². The van der Waals surface area contributed by atoms with Gasteiger partial charge in [0.05, 0.1) is 39.0 Å². The van der Waals surface area contributed by atoms with Crippen molar-refractivity contribution in [2.45, 2.75) is 13.8 Å². The van der Waals surface area contributed by atoms with Gasteiger partial charge in [-0.2, -0.15) is 0 Å². The van der Waals surface area contributed by atoms with E-state index in [1.165, 1.54) is 16.2 Å². The zero-order chi connectivity index (χ0) is 19.6. The van der Waals surface area contributed by atoms with Crippen LogP contribution in [0.4, 0.5) is 5.13 Å². The predicted octanol–water partition coefficient (Wildman–Crippen LogP) is 2.71. The summed E-state index contributed by atoms with van der Waals surface area (Å²) in [6.45, 7) is 5.46. The molecular formula is C21H26N3O2S+. The van der Waals surface area contributed by atoms with Gasteiger partial charge in [-0.05, 0) is 37.6 Å². The van der Waals surface area contributed by atoms with Gasteiger partial charge >= 0.3 is 0 Å². The quantitative estimate of drug-likeness (QED) is 0.711. The first-order valence-corrected chi connectivity index (χ1v) is 9.84. The number of nitrogens with zero attached hydrogens (tertiary/aromatic N) is 2. The molecule has 0 unspecified atom stereocenters. The molecule has 3 aromatic rings. The number of quaternary nitrogens is 1. The number of carbonyl (C=O) groups excluding carboxylic acids is 1. The number of hydrogen-bond donors (Lipinski definition) is 1. The molecule has 6 heteroatoms. The molecule has 1 heterocycles. The number of ether oxygens (including phenoxy) is 1. The summed E-state index contributed by atoms with van der Waals surface area (Å²) >= 11 is 1.52. The van der Waals surface area contributed by atoms with Crippen LogP contribution in [0.2, 0.25) is 0 Å². The number of hydrogen-bond acceptors (Lipinski definition) is 4. The topological polar surface area (TPSA) is 46.9 Å². The van der Waals surface area contributed by atoms with E-state index in [-0.39, 0.29) is 5.91 Å². The molecule has 142 valence electrons. The van der Waals surface area contributed by atoms with Crippen molar-refractivity contribution in [3.63, 3.8) is 0 Å². The summed E-state index contributed by atoms with van der Waals surface area (Å²) in [7, 11) is 5.81. The minimum Gasteiger partial charge on any atom is -0.494 e. The zero-order valence-corrected chi connectivity index (χ0v) is 17.3. The van der Waals surface area contributed by atoms with E-state index in [4.69, 9.17) is 9.72 Å². The lowest BCUT2D eigenvalue weighted by Gasteiger charge is -2.21. The van der Waals surface area contributed by atoms with E-state index in [1.807, 2.05) is 50.2 Å². The first kappa shape index (κ1) is 19.3. The van der Waals surface area contributed by atoms with Crippen LogP contribution in [0.3, 0.4) is 0 Å². The highest BCUT2D eigenvalue weighted by Gasteiger charge is 2.24. The van der Waals surface area contributed by atoms with E-state index in [0.717, 1.165) is 39.2 Å². The highest BCUT2D eigenvalue weighted by atomic mass is 32.1. The average molecular weight is 385 g/mol. The molecule has 0 fully saturated rings. The summed E-state index contributed by atoms with van der Waals surface area (Å²) in [5.74, 6) is 0.721. The van der Waals surface area contributed by atoms with Crippen LogP contribution in [-0.4, -0.2) is 45.2 Å². The van der Waals surface area contributed by atoms with Crippen molar-refractivity contribution in [3.8, 4) is 5.75 Å². The van der Waals surface area contributed by atoms with Gasteiger partial charge in [-0.3, -0.25) is 9.69 Å². The lowest BCUT2D eigenvalue weighted by molar-refractivity contribution is -0.856. The van der Waals surface area contributed by atoms with Crippen LogP contribution in [-0.2, 0) is 0 Å². The maximum atomic E-state index is 13.4. The van der Waals surface area contributed by atoms with E-state index >= 15 is 0 Å². The Balaban J connectivity index is 2.04. The number of carbonyl (C=O) groups is 1. The molecule has 27 heavy (non-hydrogen) atoms. The Bertz CT molecular complexity index is 965. The Kier molecular flexibility index (Phi) is 5.77. The molecule has 0 saturated carbocycles. The molecule has 0 radical (unpaired) electrons. The van der Waals surface area contributed by atoms with Gasteiger partial charge in [0.15, 0.2) is 5.13 Å². The third-order valence-corrected chi connectivity index (χ3v) is 5.56. The Labute approximate surface area is 164 Å². The number of benzene rings is 2. The molecule has 0 aliphatic rings. The van der Waals surface area contributed by atoms with Gasteiger partial charge in [0, 0.05) is 5.56 Å². The molecule has 1 aromatic heterocycles.